The quantitative estimate of drug-likeness (QED) is 0.662. The maximum Gasteiger partial charge on any atom is 0.191 e. The van der Waals surface area contributed by atoms with Gasteiger partial charge in [-0.05, 0) is 25.7 Å². The molecule has 0 saturated heterocycles. The van der Waals surface area contributed by atoms with Gasteiger partial charge in [0.05, 0.1) is 12.2 Å². The Labute approximate surface area is 127 Å². The van der Waals surface area contributed by atoms with E-state index in [1.807, 2.05) is 7.05 Å². The molecule has 2 aliphatic rings. The summed E-state index contributed by atoms with van der Waals surface area (Å²) in [5.74, 6) is 2.15. The number of nitrogens with zero attached hydrogens (tertiary/aromatic N) is 3. The van der Waals surface area contributed by atoms with Crippen LogP contribution in [0.5, 0.6) is 0 Å². The summed E-state index contributed by atoms with van der Waals surface area (Å²) in [6.07, 6.45) is 12.4. The van der Waals surface area contributed by atoms with Crippen molar-refractivity contribution in [3.8, 4) is 0 Å². The van der Waals surface area contributed by atoms with E-state index < -0.39 is 0 Å². The topological polar surface area (TPSA) is 54.2 Å². The Balaban J connectivity index is 1.51. The number of aromatic nitrogens is 2. The molecule has 3 rings (SSSR count). The van der Waals surface area contributed by atoms with Gasteiger partial charge < -0.3 is 15.2 Å². The van der Waals surface area contributed by atoms with Crippen LogP contribution in [0.25, 0.3) is 0 Å². The molecule has 1 fully saturated rings. The summed E-state index contributed by atoms with van der Waals surface area (Å²) in [6, 6.07) is 0.583. The zero-order valence-electron chi connectivity index (χ0n) is 13.1. The van der Waals surface area contributed by atoms with Crippen molar-refractivity contribution in [2.75, 3.05) is 7.05 Å². The first-order chi connectivity index (χ1) is 10.3. The van der Waals surface area contributed by atoms with Gasteiger partial charge in [-0.25, -0.2) is 4.98 Å². The molecule has 0 bridgehead atoms. The van der Waals surface area contributed by atoms with E-state index in [0.29, 0.717) is 6.04 Å². The minimum Gasteiger partial charge on any atom is -0.354 e. The summed E-state index contributed by atoms with van der Waals surface area (Å²) in [4.78, 5) is 9.06. The van der Waals surface area contributed by atoms with Gasteiger partial charge in [0.1, 0.15) is 5.82 Å². The summed E-state index contributed by atoms with van der Waals surface area (Å²) in [6.45, 7) is 1.88. The lowest BCUT2D eigenvalue weighted by molar-refractivity contribution is 0.410. The fourth-order valence-electron chi connectivity index (χ4n) is 3.37. The van der Waals surface area contributed by atoms with E-state index in [0.717, 1.165) is 31.2 Å². The summed E-state index contributed by atoms with van der Waals surface area (Å²) in [5.41, 5.74) is 1.12. The normalized spacial score (nSPS) is 20.1. The van der Waals surface area contributed by atoms with Gasteiger partial charge in [0.2, 0.25) is 0 Å². The maximum atomic E-state index is 4.72. The minimum atomic E-state index is 0.583. The molecule has 2 heterocycles. The molecule has 5 heteroatoms. The van der Waals surface area contributed by atoms with E-state index in [4.69, 9.17) is 4.98 Å². The second kappa shape index (κ2) is 6.96. The van der Waals surface area contributed by atoms with Gasteiger partial charge >= 0.3 is 0 Å². The van der Waals surface area contributed by atoms with E-state index in [2.05, 4.69) is 26.4 Å². The first-order valence-electron chi connectivity index (χ1n) is 8.37. The predicted molar refractivity (Wildman–Crippen MR) is 85.4 cm³/mol. The SMILES string of the molecule is CN=C(NCc1cn2c(n1)CCCC2)NC1CCCCC1. The third kappa shape index (κ3) is 3.77. The highest BCUT2D eigenvalue weighted by Gasteiger charge is 2.15. The number of rotatable bonds is 3. The van der Waals surface area contributed by atoms with E-state index in [1.54, 1.807) is 0 Å². The van der Waals surface area contributed by atoms with E-state index in [1.165, 1.54) is 50.8 Å². The van der Waals surface area contributed by atoms with E-state index >= 15 is 0 Å². The third-order valence-electron chi connectivity index (χ3n) is 4.57. The number of hydrogen-bond acceptors (Lipinski definition) is 2. The van der Waals surface area contributed by atoms with Gasteiger partial charge in [0.15, 0.2) is 5.96 Å². The second-order valence-corrected chi connectivity index (χ2v) is 6.20. The van der Waals surface area contributed by atoms with Crippen LogP contribution in [-0.4, -0.2) is 28.6 Å². The Hall–Kier alpha value is -1.52. The molecular weight excluding hydrogens is 262 g/mol. The molecule has 0 amide bonds. The Morgan fingerprint density at radius 3 is 2.90 bits per heavy atom. The molecule has 0 radical (unpaired) electrons. The van der Waals surface area contributed by atoms with Gasteiger partial charge in [0.25, 0.3) is 0 Å². The van der Waals surface area contributed by atoms with Crippen molar-refractivity contribution in [1.29, 1.82) is 0 Å². The third-order valence-corrected chi connectivity index (χ3v) is 4.57. The highest BCUT2D eigenvalue weighted by molar-refractivity contribution is 5.79. The molecule has 1 aliphatic carbocycles. The molecule has 0 unspecified atom stereocenters. The largest absolute Gasteiger partial charge is 0.354 e. The van der Waals surface area contributed by atoms with Crippen molar-refractivity contribution < 1.29 is 0 Å². The molecule has 21 heavy (non-hydrogen) atoms. The molecule has 2 N–H and O–H groups in total. The number of guanidine groups is 1. The Kier molecular flexibility index (Phi) is 4.78. The van der Waals surface area contributed by atoms with Crippen LogP contribution in [0.15, 0.2) is 11.2 Å². The zero-order valence-corrected chi connectivity index (χ0v) is 13.1. The van der Waals surface area contributed by atoms with Crippen LogP contribution in [0.3, 0.4) is 0 Å². The van der Waals surface area contributed by atoms with Crippen LogP contribution in [0.2, 0.25) is 0 Å². The summed E-state index contributed by atoms with van der Waals surface area (Å²) >= 11 is 0. The van der Waals surface area contributed by atoms with E-state index in [-0.39, 0.29) is 0 Å². The van der Waals surface area contributed by atoms with Crippen molar-refractivity contribution in [3.05, 3.63) is 17.7 Å². The summed E-state index contributed by atoms with van der Waals surface area (Å²) in [5, 5.41) is 6.95. The molecule has 116 valence electrons. The van der Waals surface area contributed by atoms with Crippen LogP contribution in [0.4, 0.5) is 0 Å². The minimum absolute atomic E-state index is 0.583. The van der Waals surface area contributed by atoms with Crippen LogP contribution >= 0.6 is 0 Å². The average molecular weight is 289 g/mol. The van der Waals surface area contributed by atoms with Gasteiger partial charge in [0, 0.05) is 32.3 Å². The molecule has 0 spiro atoms. The number of fused-ring (bicyclic) bond motifs is 1. The monoisotopic (exact) mass is 289 g/mol. The molecule has 1 aromatic rings. The van der Waals surface area contributed by atoms with Crippen molar-refractivity contribution in [2.24, 2.45) is 4.99 Å². The van der Waals surface area contributed by atoms with Crippen molar-refractivity contribution >= 4 is 5.96 Å². The van der Waals surface area contributed by atoms with Crippen LogP contribution in [-0.2, 0) is 19.5 Å². The number of aliphatic imine (C=N–C) groups is 1. The van der Waals surface area contributed by atoms with Gasteiger partial charge in [-0.15, -0.1) is 0 Å². The zero-order chi connectivity index (χ0) is 14.5. The molecule has 5 nitrogen and oxygen atoms in total. The second-order valence-electron chi connectivity index (χ2n) is 6.20. The van der Waals surface area contributed by atoms with Gasteiger partial charge in [-0.2, -0.15) is 0 Å². The Morgan fingerprint density at radius 2 is 2.14 bits per heavy atom. The average Bonchev–Trinajstić information content (AvgIpc) is 2.95. The highest BCUT2D eigenvalue weighted by Crippen LogP contribution is 2.17. The van der Waals surface area contributed by atoms with Crippen LogP contribution in [0, 0.1) is 0 Å². The molecular formula is C16H27N5. The lowest BCUT2D eigenvalue weighted by atomic mass is 9.96. The standard InChI is InChI=1S/C16H27N5/c1-17-16(20-13-7-3-2-4-8-13)18-11-14-12-21-10-6-5-9-15(21)19-14/h12-13H,2-11H2,1H3,(H2,17,18,20). The van der Waals surface area contributed by atoms with Crippen molar-refractivity contribution in [1.82, 2.24) is 20.2 Å². The van der Waals surface area contributed by atoms with Crippen molar-refractivity contribution in [3.63, 3.8) is 0 Å². The maximum absolute atomic E-state index is 4.72. The number of imidazole rings is 1. The molecule has 0 aromatic carbocycles. The lowest BCUT2D eigenvalue weighted by Crippen LogP contribution is -2.43. The van der Waals surface area contributed by atoms with E-state index in [9.17, 15) is 0 Å². The number of hydrogen-bond donors (Lipinski definition) is 2. The Morgan fingerprint density at radius 1 is 1.29 bits per heavy atom. The predicted octanol–water partition coefficient (Wildman–Crippen LogP) is 2.22. The summed E-state index contributed by atoms with van der Waals surface area (Å²) in [7, 11) is 1.84. The molecule has 1 saturated carbocycles. The smallest absolute Gasteiger partial charge is 0.191 e. The lowest BCUT2D eigenvalue weighted by Gasteiger charge is -2.24. The van der Waals surface area contributed by atoms with Crippen LogP contribution < -0.4 is 10.6 Å². The highest BCUT2D eigenvalue weighted by atomic mass is 15.2. The molecule has 0 atom stereocenters. The molecule has 1 aliphatic heterocycles. The van der Waals surface area contributed by atoms with Gasteiger partial charge in [-0.1, -0.05) is 19.3 Å². The Bertz CT molecular complexity index is 461. The number of nitrogens with one attached hydrogen (secondary N) is 2. The summed E-state index contributed by atoms with van der Waals surface area (Å²) < 4.78 is 2.30. The fraction of sp³-hybridized carbons (Fsp3) is 0.750. The first-order valence-corrected chi connectivity index (χ1v) is 8.37. The molecule has 1 aromatic heterocycles. The first kappa shape index (κ1) is 14.4. The van der Waals surface area contributed by atoms with Crippen LogP contribution in [0.1, 0.15) is 56.5 Å². The van der Waals surface area contributed by atoms with Crippen molar-refractivity contribution in [2.45, 2.75) is 70.5 Å². The number of aryl methyl sites for hydroxylation is 2. The van der Waals surface area contributed by atoms with Gasteiger partial charge in [-0.3, -0.25) is 4.99 Å². The fourth-order valence-corrected chi connectivity index (χ4v) is 3.37.